The van der Waals surface area contributed by atoms with Gasteiger partial charge >= 0.3 is 0 Å². The summed E-state index contributed by atoms with van der Waals surface area (Å²) in [6, 6.07) is 3.87. The average molecular weight is 346 g/mol. The van der Waals surface area contributed by atoms with Gasteiger partial charge in [0.25, 0.3) is 5.56 Å². The topological polar surface area (TPSA) is 68.8 Å². The average Bonchev–Trinajstić information content (AvgIpc) is 3.19. The molecule has 0 unspecified atom stereocenters. The first-order chi connectivity index (χ1) is 11.7. The second kappa shape index (κ2) is 6.03. The molecule has 1 saturated heterocycles. The number of hydrogen-bond acceptors (Lipinski definition) is 5. The minimum absolute atomic E-state index is 0.0266. The molecule has 0 atom stereocenters. The van der Waals surface area contributed by atoms with Gasteiger partial charge in [-0.05, 0) is 17.5 Å². The molecule has 4 rings (SSSR count). The van der Waals surface area contributed by atoms with E-state index in [9.17, 15) is 9.59 Å². The summed E-state index contributed by atoms with van der Waals surface area (Å²) in [6.45, 7) is 4.19. The molecule has 7 nitrogen and oxygen atoms in total. The van der Waals surface area contributed by atoms with Crippen molar-refractivity contribution in [3.63, 3.8) is 0 Å². The van der Waals surface area contributed by atoms with Crippen LogP contribution in [0, 0.1) is 0 Å². The van der Waals surface area contributed by atoms with Gasteiger partial charge in [-0.15, -0.1) is 11.3 Å². The number of rotatable bonds is 3. The highest BCUT2D eigenvalue weighted by Gasteiger charge is 2.20. The highest BCUT2D eigenvalue weighted by molar-refractivity contribution is 7.16. The van der Waals surface area contributed by atoms with Crippen molar-refractivity contribution in [2.45, 2.75) is 19.9 Å². The molecule has 24 heavy (non-hydrogen) atoms. The molecule has 0 N–H and O–H groups in total. The van der Waals surface area contributed by atoms with Crippen LogP contribution in [0.25, 0.3) is 15.7 Å². The first-order valence-corrected chi connectivity index (χ1v) is 8.91. The van der Waals surface area contributed by atoms with Crippen LogP contribution in [0.3, 0.4) is 0 Å². The van der Waals surface area contributed by atoms with Crippen LogP contribution in [0.15, 0.2) is 22.3 Å². The Morgan fingerprint density at radius 1 is 1.38 bits per heavy atom. The molecule has 8 heteroatoms. The molecule has 126 valence electrons. The van der Waals surface area contributed by atoms with Crippen LogP contribution in [-0.2, 0) is 22.5 Å². The van der Waals surface area contributed by atoms with E-state index in [1.165, 1.54) is 4.68 Å². The molecule has 3 aromatic heterocycles. The van der Waals surface area contributed by atoms with Crippen LogP contribution in [-0.4, -0.2) is 51.3 Å². The summed E-state index contributed by atoms with van der Waals surface area (Å²) in [6.07, 6.45) is 0.685. The van der Waals surface area contributed by atoms with E-state index in [4.69, 9.17) is 4.74 Å². The highest BCUT2D eigenvalue weighted by Crippen LogP contribution is 2.24. The molecule has 1 amide bonds. The van der Waals surface area contributed by atoms with Crippen molar-refractivity contribution >= 4 is 33.0 Å². The number of nitrogens with zero attached hydrogens (tertiary/aromatic N) is 4. The Kier molecular flexibility index (Phi) is 3.85. The van der Waals surface area contributed by atoms with Crippen LogP contribution in [0.2, 0.25) is 0 Å². The molecule has 1 aliphatic rings. The zero-order chi connectivity index (χ0) is 16.7. The lowest BCUT2D eigenvalue weighted by atomic mass is 10.4. The van der Waals surface area contributed by atoms with E-state index in [1.807, 2.05) is 28.8 Å². The molecule has 4 heterocycles. The van der Waals surface area contributed by atoms with Crippen LogP contribution in [0.5, 0.6) is 0 Å². The summed E-state index contributed by atoms with van der Waals surface area (Å²) in [5.74, 6) is 0.699. The van der Waals surface area contributed by atoms with Gasteiger partial charge in [-0.25, -0.2) is 4.68 Å². The maximum atomic E-state index is 12.8. The number of hydrogen-bond donors (Lipinski definition) is 0. The van der Waals surface area contributed by atoms with Crippen LogP contribution >= 0.6 is 11.3 Å². The third-order valence-corrected chi connectivity index (χ3v) is 5.24. The highest BCUT2D eigenvalue weighted by atomic mass is 32.1. The molecular weight excluding hydrogens is 328 g/mol. The molecule has 0 saturated carbocycles. The third kappa shape index (κ3) is 2.42. The molecule has 0 spiro atoms. The fourth-order valence-corrected chi connectivity index (χ4v) is 3.99. The Morgan fingerprint density at radius 2 is 2.17 bits per heavy atom. The van der Waals surface area contributed by atoms with Crippen molar-refractivity contribution in [2.24, 2.45) is 0 Å². The van der Waals surface area contributed by atoms with E-state index in [0.29, 0.717) is 38.2 Å². The van der Waals surface area contributed by atoms with Crippen molar-refractivity contribution in [3.8, 4) is 0 Å². The maximum Gasteiger partial charge on any atom is 0.291 e. The second-order valence-corrected chi connectivity index (χ2v) is 6.67. The molecule has 0 radical (unpaired) electrons. The van der Waals surface area contributed by atoms with E-state index < -0.39 is 0 Å². The summed E-state index contributed by atoms with van der Waals surface area (Å²) < 4.78 is 8.48. The Labute approximate surface area is 142 Å². The van der Waals surface area contributed by atoms with E-state index in [1.54, 1.807) is 16.2 Å². The zero-order valence-corrected chi connectivity index (χ0v) is 14.2. The zero-order valence-electron chi connectivity index (χ0n) is 13.4. The number of carbonyl (C=O) groups excluding carboxylic acids is 1. The third-order valence-electron chi connectivity index (χ3n) is 4.32. The van der Waals surface area contributed by atoms with Gasteiger partial charge in [0.05, 0.1) is 13.2 Å². The fourth-order valence-electron chi connectivity index (χ4n) is 3.08. The summed E-state index contributed by atoms with van der Waals surface area (Å²) in [5, 5.41) is 7.49. The molecule has 0 aromatic carbocycles. The second-order valence-electron chi connectivity index (χ2n) is 5.77. The van der Waals surface area contributed by atoms with Gasteiger partial charge in [-0.3, -0.25) is 14.0 Å². The van der Waals surface area contributed by atoms with Crippen molar-refractivity contribution in [2.75, 3.05) is 26.3 Å². The quantitative estimate of drug-likeness (QED) is 0.713. The molecule has 1 aliphatic heterocycles. The number of morpholine rings is 1. The lowest BCUT2D eigenvalue weighted by molar-refractivity contribution is -0.136. The Hall–Kier alpha value is -2.19. The molecule has 0 bridgehead atoms. The molecule has 0 aliphatic carbocycles. The Bertz CT molecular complexity index is 965. The maximum absolute atomic E-state index is 12.8. The van der Waals surface area contributed by atoms with Gasteiger partial charge < -0.3 is 9.64 Å². The van der Waals surface area contributed by atoms with E-state index in [-0.39, 0.29) is 18.0 Å². The van der Waals surface area contributed by atoms with Gasteiger partial charge in [-0.1, -0.05) is 6.92 Å². The minimum Gasteiger partial charge on any atom is -0.378 e. The van der Waals surface area contributed by atoms with Gasteiger partial charge in [-0.2, -0.15) is 5.10 Å². The predicted molar refractivity (Wildman–Crippen MR) is 91.6 cm³/mol. The summed E-state index contributed by atoms with van der Waals surface area (Å²) >= 11 is 1.59. The number of amides is 1. The van der Waals surface area contributed by atoms with Gasteiger partial charge in [0.2, 0.25) is 5.91 Å². The Balaban J connectivity index is 1.76. The van der Waals surface area contributed by atoms with E-state index in [2.05, 4.69) is 5.10 Å². The molecule has 3 aromatic rings. The van der Waals surface area contributed by atoms with Crippen molar-refractivity contribution in [3.05, 3.63) is 33.7 Å². The van der Waals surface area contributed by atoms with Gasteiger partial charge in [0.15, 0.2) is 0 Å². The number of thiophene rings is 1. The lowest BCUT2D eigenvalue weighted by Gasteiger charge is -2.26. The summed E-state index contributed by atoms with van der Waals surface area (Å²) in [5.41, 5.74) is 0.357. The fraction of sp³-hybridized carbons (Fsp3) is 0.438. The number of aromatic nitrogens is 3. The van der Waals surface area contributed by atoms with Crippen LogP contribution < -0.4 is 5.56 Å². The minimum atomic E-state index is -0.225. The normalized spacial score (nSPS) is 15.5. The first-order valence-electron chi connectivity index (χ1n) is 8.03. The number of aryl methyl sites for hydroxylation is 1. The smallest absolute Gasteiger partial charge is 0.291 e. The van der Waals surface area contributed by atoms with Crippen LogP contribution in [0.1, 0.15) is 12.7 Å². The number of ether oxygens (including phenoxy) is 1. The van der Waals surface area contributed by atoms with Gasteiger partial charge in [0.1, 0.15) is 22.7 Å². The van der Waals surface area contributed by atoms with Gasteiger partial charge in [0, 0.05) is 24.9 Å². The molecular formula is C16H18N4O3S. The summed E-state index contributed by atoms with van der Waals surface area (Å²) in [4.78, 5) is 28.0. The first kappa shape index (κ1) is 15.3. The predicted octanol–water partition coefficient (Wildman–Crippen LogP) is 1.13. The number of carbonyl (C=O) groups is 1. The Morgan fingerprint density at radius 3 is 2.92 bits per heavy atom. The van der Waals surface area contributed by atoms with E-state index >= 15 is 0 Å². The standard InChI is InChI=1S/C16H18N4O3S/c1-2-13-17-19(10-14(21)18-4-6-23-7-5-18)15(22)12-9-11-3-8-24-16(11)20(12)13/h3,8-9H,2,4-7,10H2,1H3. The monoisotopic (exact) mass is 346 g/mol. The van der Waals surface area contributed by atoms with Crippen molar-refractivity contribution in [1.29, 1.82) is 0 Å². The molecule has 1 fully saturated rings. The van der Waals surface area contributed by atoms with Crippen molar-refractivity contribution < 1.29 is 9.53 Å². The van der Waals surface area contributed by atoms with Crippen LogP contribution in [0.4, 0.5) is 0 Å². The SMILES string of the molecule is CCc1nn(CC(=O)N2CCOCC2)c(=O)c2cc3ccsc3n12. The number of fused-ring (bicyclic) bond motifs is 3. The lowest BCUT2D eigenvalue weighted by Crippen LogP contribution is -2.44. The van der Waals surface area contributed by atoms with Crippen molar-refractivity contribution in [1.82, 2.24) is 19.1 Å². The van der Waals surface area contributed by atoms with E-state index in [0.717, 1.165) is 16.0 Å². The summed E-state index contributed by atoms with van der Waals surface area (Å²) in [7, 11) is 0. The largest absolute Gasteiger partial charge is 0.378 e.